The van der Waals surface area contributed by atoms with Gasteiger partial charge < -0.3 is 19.7 Å². The lowest BCUT2D eigenvalue weighted by Gasteiger charge is -2.24. The number of carbonyl (C=O) groups excluding carboxylic acids is 2. The van der Waals surface area contributed by atoms with Crippen LogP contribution in [0.5, 0.6) is 0 Å². The fourth-order valence-corrected chi connectivity index (χ4v) is 4.27. The van der Waals surface area contributed by atoms with Gasteiger partial charge in [0, 0.05) is 12.2 Å². The zero-order valence-corrected chi connectivity index (χ0v) is 21.2. The van der Waals surface area contributed by atoms with E-state index in [1.54, 1.807) is 0 Å². The fourth-order valence-electron chi connectivity index (χ4n) is 4.27. The molecule has 2 N–H and O–H groups in total. The lowest BCUT2D eigenvalue weighted by Crippen LogP contribution is -2.39. The zero-order valence-electron chi connectivity index (χ0n) is 21.2. The van der Waals surface area contributed by atoms with Crippen molar-refractivity contribution in [3.8, 4) is 0 Å². The Labute approximate surface area is 208 Å². The summed E-state index contributed by atoms with van der Waals surface area (Å²) in [6, 6.07) is 0. The van der Waals surface area contributed by atoms with Gasteiger partial charge in [-0.1, -0.05) is 32.8 Å². The van der Waals surface area contributed by atoms with Crippen molar-refractivity contribution in [3.63, 3.8) is 0 Å². The molecule has 0 amide bonds. The van der Waals surface area contributed by atoms with E-state index in [0.29, 0.717) is 6.42 Å². The van der Waals surface area contributed by atoms with Crippen molar-refractivity contribution in [2.45, 2.75) is 110 Å². The van der Waals surface area contributed by atoms with Crippen LogP contribution in [0.15, 0.2) is 24.8 Å². The van der Waals surface area contributed by atoms with Gasteiger partial charge in [-0.15, -0.1) is 6.58 Å². The van der Waals surface area contributed by atoms with Crippen molar-refractivity contribution in [1.82, 2.24) is 0 Å². The van der Waals surface area contributed by atoms with Crippen molar-refractivity contribution in [3.05, 3.63) is 24.8 Å². The highest BCUT2D eigenvalue weighted by atomic mass is 16.5. The summed E-state index contributed by atoms with van der Waals surface area (Å²) in [5.41, 5.74) is -1.70. The number of rotatable bonds is 11. The Morgan fingerprint density at radius 3 is 1.54 bits per heavy atom. The number of esters is 2. The van der Waals surface area contributed by atoms with Crippen LogP contribution in [-0.2, 0) is 28.7 Å². The summed E-state index contributed by atoms with van der Waals surface area (Å²) in [6.07, 6.45) is 15.1. The predicted molar refractivity (Wildman–Crippen MR) is 132 cm³/mol. The number of aliphatic carboxylic acids is 2. The van der Waals surface area contributed by atoms with Gasteiger partial charge in [0.15, 0.2) is 5.41 Å². The van der Waals surface area contributed by atoms with Crippen LogP contribution in [-0.4, -0.2) is 46.3 Å². The summed E-state index contributed by atoms with van der Waals surface area (Å²) in [5.74, 6) is -3.14. The molecule has 35 heavy (non-hydrogen) atoms. The largest absolute Gasteiger partial charge is 0.480 e. The minimum absolute atomic E-state index is 0.0234. The van der Waals surface area contributed by atoms with Gasteiger partial charge in [-0.25, -0.2) is 9.59 Å². The lowest BCUT2D eigenvalue weighted by atomic mass is 9.78. The van der Waals surface area contributed by atoms with E-state index in [1.165, 1.54) is 31.1 Å². The molecule has 0 aromatic carbocycles. The molecule has 8 heteroatoms. The summed E-state index contributed by atoms with van der Waals surface area (Å²) in [5, 5.41) is 18.0. The second kappa shape index (κ2) is 16.1. The number of ether oxygens (including phenoxy) is 2. The molecule has 0 aromatic rings. The van der Waals surface area contributed by atoms with E-state index in [2.05, 4.69) is 6.58 Å². The van der Waals surface area contributed by atoms with Crippen molar-refractivity contribution >= 4 is 23.9 Å². The third-order valence-electron chi connectivity index (χ3n) is 6.49. The van der Waals surface area contributed by atoms with E-state index in [4.69, 9.17) is 19.7 Å². The average molecular weight is 495 g/mol. The van der Waals surface area contributed by atoms with E-state index < -0.39 is 29.3 Å². The molecule has 0 unspecified atom stereocenters. The number of hydrogen-bond donors (Lipinski definition) is 2. The predicted octanol–water partition coefficient (Wildman–Crippen LogP) is 5.45. The Kier molecular flexibility index (Phi) is 14.0. The Morgan fingerprint density at radius 1 is 0.829 bits per heavy atom. The highest BCUT2D eigenvalue weighted by molar-refractivity contribution is 5.98. The van der Waals surface area contributed by atoms with Crippen LogP contribution >= 0.6 is 0 Å². The molecule has 0 spiro atoms. The first-order valence-electron chi connectivity index (χ1n) is 12.8. The van der Waals surface area contributed by atoms with Gasteiger partial charge in [-0.05, 0) is 76.5 Å². The van der Waals surface area contributed by atoms with E-state index in [9.17, 15) is 19.2 Å². The zero-order chi connectivity index (χ0) is 26.3. The number of hydrogen-bond acceptors (Lipinski definition) is 6. The lowest BCUT2D eigenvalue weighted by molar-refractivity contribution is -0.165. The molecule has 8 nitrogen and oxygen atoms in total. The van der Waals surface area contributed by atoms with Crippen molar-refractivity contribution < 1.29 is 38.9 Å². The molecule has 2 aliphatic rings. The van der Waals surface area contributed by atoms with E-state index in [-0.39, 0.29) is 31.0 Å². The number of carboxylic acid groups (broad SMARTS) is 2. The summed E-state index contributed by atoms with van der Waals surface area (Å²) in [6.45, 7) is 7.28. The molecule has 0 saturated heterocycles. The third kappa shape index (κ3) is 11.6. The maximum Gasteiger partial charge on any atom is 0.331 e. The monoisotopic (exact) mass is 494 g/mol. The van der Waals surface area contributed by atoms with Gasteiger partial charge >= 0.3 is 23.9 Å². The fraction of sp³-hybridized carbons (Fsp3) is 0.704. The van der Waals surface area contributed by atoms with Gasteiger partial charge in [0.05, 0.1) is 0 Å². The normalized spacial score (nSPS) is 17.3. The SMILES string of the molecule is C=CCC(CCC(C)C)(C(=O)O)C(=O)O.O=C(/C=C\C(=O)OC1CCCCC1)OC1CCCCC1. The minimum Gasteiger partial charge on any atom is -0.480 e. The number of carbonyl (C=O) groups is 4. The van der Waals surface area contributed by atoms with Gasteiger partial charge in [0.1, 0.15) is 12.2 Å². The maximum absolute atomic E-state index is 11.6. The molecule has 0 heterocycles. The molecule has 2 fully saturated rings. The van der Waals surface area contributed by atoms with Crippen LogP contribution in [0.3, 0.4) is 0 Å². The highest BCUT2D eigenvalue weighted by Crippen LogP contribution is 2.31. The standard InChI is InChI=1S/C16H24O4.C11H18O4/c17-15(19-13-7-3-1-4-8-13)11-12-16(18)20-14-9-5-2-6-10-14;1-4-6-11(9(12)13,10(14)15)7-5-8(2)3/h11-14H,1-10H2;4,8H,1,5-7H2,2-3H3,(H,12,13)(H,14,15)/b12-11-;. The average Bonchev–Trinajstić information content (AvgIpc) is 2.81. The Bertz CT molecular complexity index is 679. The van der Waals surface area contributed by atoms with E-state index >= 15 is 0 Å². The van der Waals surface area contributed by atoms with Gasteiger partial charge in [0.2, 0.25) is 0 Å². The molecule has 0 bridgehead atoms. The summed E-state index contributed by atoms with van der Waals surface area (Å²) in [7, 11) is 0. The Morgan fingerprint density at radius 2 is 1.23 bits per heavy atom. The van der Waals surface area contributed by atoms with Crippen molar-refractivity contribution in [1.29, 1.82) is 0 Å². The van der Waals surface area contributed by atoms with E-state index in [1.807, 2.05) is 13.8 Å². The topological polar surface area (TPSA) is 127 Å². The van der Waals surface area contributed by atoms with Crippen LogP contribution in [0, 0.1) is 11.3 Å². The van der Waals surface area contributed by atoms with Crippen LogP contribution in [0.1, 0.15) is 97.3 Å². The highest BCUT2D eigenvalue weighted by Gasteiger charge is 2.44. The summed E-state index contributed by atoms with van der Waals surface area (Å²) < 4.78 is 10.6. The second-order valence-corrected chi connectivity index (χ2v) is 9.84. The molecule has 0 aliphatic heterocycles. The molecule has 0 atom stereocenters. The Hall–Kier alpha value is -2.64. The van der Waals surface area contributed by atoms with Crippen LogP contribution in [0.2, 0.25) is 0 Å². The minimum atomic E-state index is -1.70. The molecule has 0 aromatic heterocycles. The van der Waals surface area contributed by atoms with Crippen molar-refractivity contribution in [2.24, 2.45) is 11.3 Å². The molecule has 2 saturated carbocycles. The molecule has 2 aliphatic carbocycles. The van der Waals surface area contributed by atoms with Crippen LogP contribution in [0.25, 0.3) is 0 Å². The first-order valence-corrected chi connectivity index (χ1v) is 12.8. The van der Waals surface area contributed by atoms with Crippen LogP contribution in [0.4, 0.5) is 0 Å². The molecule has 198 valence electrons. The maximum atomic E-state index is 11.6. The van der Waals surface area contributed by atoms with Gasteiger partial charge in [0.25, 0.3) is 0 Å². The first kappa shape index (κ1) is 30.4. The molecule has 0 radical (unpaired) electrons. The second-order valence-electron chi connectivity index (χ2n) is 9.84. The Balaban J connectivity index is 0.000000367. The van der Waals surface area contributed by atoms with Gasteiger partial charge in [-0.3, -0.25) is 9.59 Å². The quantitative estimate of drug-likeness (QED) is 0.168. The smallest absolute Gasteiger partial charge is 0.331 e. The van der Waals surface area contributed by atoms with E-state index in [0.717, 1.165) is 51.4 Å². The number of carboxylic acids is 2. The molecular weight excluding hydrogens is 452 g/mol. The van der Waals surface area contributed by atoms with Crippen LogP contribution < -0.4 is 0 Å². The number of allylic oxidation sites excluding steroid dienone is 1. The summed E-state index contributed by atoms with van der Waals surface area (Å²) >= 11 is 0. The molecule has 2 rings (SSSR count). The third-order valence-corrected chi connectivity index (χ3v) is 6.49. The molecular formula is C27H42O8. The van der Waals surface area contributed by atoms with Crippen molar-refractivity contribution in [2.75, 3.05) is 0 Å². The van der Waals surface area contributed by atoms with Gasteiger partial charge in [-0.2, -0.15) is 0 Å². The summed E-state index contributed by atoms with van der Waals surface area (Å²) in [4.78, 5) is 45.3. The first-order chi connectivity index (χ1) is 16.6.